The molecule has 0 aromatic carbocycles. The van der Waals surface area contributed by atoms with Crippen molar-refractivity contribution in [3.8, 4) is 0 Å². The lowest BCUT2D eigenvalue weighted by atomic mass is 9.73. The second-order valence-corrected chi connectivity index (χ2v) is 3.59. The molecule has 0 bridgehead atoms. The zero-order valence-corrected chi connectivity index (χ0v) is 7.93. The minimum atomic E-state index is -0.924. The second-order valence-electron chi connectivity index (χ2n) is 3.59. The Morgan fingerprint density at radius 1 is 1.23 bits per heavy atom. The predicted molar refractivity (Wildman–Crippen MR) is 48.8 cm³/mol. The van der Waals surface area contributed by atoms with E-state index in [1.807, 2.05) is 0 Å². The summed E-state index contributed by atoms with van der Waals surface area (Å²) in [6.07, 6.45) is 4.11. The van der Waals surface area contributed by atoms with Gasteiger partial charge in [0.2, 0.25) is 11.8 Å². The number of nitrogens with one attached hydrogen (secondary N) is 1. The number of rotatable bonds is 2. The molecule has 0 aliphatic heterocycles. The van der Waals surface area contributed by atoms with Gasteiger partial charge in [-0.3, -0.25) is 9.59 Å². The van der Waals surface area contributed by atoms with Gasteiger partial charge in [-0.2, -0.15) is 0 Å². The molecule has 0 spiro atoms. The first-order valence-electron chi connectivity index (χ1n) is 4.65. The Kier molecular flexibility index (Phi) is 2.90. The van der Waals surface area contributed by atoms with E-state index in [9.17, 15) is 9.59 Å². The number of hydrogen-bond donors (Lipinski definition) is 2. The number of carbonyl (C=O) groups is 2. The summed E-state index contributed by atoms with van der Waals surface area (Å²) < 4.78 is 0. The first-order chi connectivity index (χ1) is 6.13. The summed E-state index contributed by atoms with van der Waals surface area (Å²) in [6.45, 7) is 0. The highest BCUT2D eigenvalue weighted by atomic mass is 16.2. The Balaban J connectivity index is 2.85. The van der Waals surface area contributed by atoms with Crippen molar-refractivity contribution in [2.75, 3.05) is 7.05 Å². The molecule has 1 aliphatic rings. The average Bonchev–Trinajstić information content (AvgIpc) is 2.17. The van der Waals surface area contributed by atoms with Crippen LogP contribution in [-0.2, 0) is 9.59 Å². The van der Waals surface area contributed by atoms with E-state index in [4.69, 9.17) is 5.73 Å². The van der Waals surface area contributed by atoms with Crippen LogP contribution >= 0.6 is 0 Å². The van der Waals surface area contributed by atoms with Gasteiger partial charge in [0.05, 0.1) is 0 Å². The molecule has 74 valence electrons. The van der Waals surface area contributed by atoms with Crippen molar-refractivity contribution in [2.45, 2.75) is 32.1 Å². The molecule has 0 unspecified atom stereocenters. The molecule has 2 amide bonds. The van der Waals surface area contributed by atoms with Gasteiger partial charge in [-0.1, -0.05) is 19.3 Å². The summed E-state index contributed by atoms with van der Waals surface area (Å²) in [5.74, 6) is -0.703. The largest absolute Gasteiger partial charge is 0.369 e. The second kappa shape index (κ2) is 3.77. The average molecular weight is 184 g/mol. The fraction of sp³-hybridized carbons (Fsp3) is 0.778. The summed E-state index contributed by atoms with van der Waals surface area (Å²) in [4.78, 5) is 22.8. The molecule has 1 rings (SSSR count). The minimum Gasteiger partial charge on any atom is -0.369 e. The third-order valence-electron chi connectivity index (χ3n) is 2.84. The van der Waals surface area contributed by atoms with E-state index in [-0.39, 0.29) is 5.91 Å². The SMILES string of the molecule is CNC(=O)C1(C(N)=O)CCCCC1. The predicted octanol–water partition coefficient (Wildman–Crippen LogP) is 0.168. The number of hydrogen-bond acceptors (Lipinski definition) is 2. The molecule has 0 heterocycles. The molecule has 0 aromatic heterocycles. The van der Waals surface area contributed by atoms with Gasteiger partial charge < -0.3 is 11.1 Å². The Bertz CT molecular complexity index is 220. The number of amides is 2. The molecule has 1 fully saturated rings. The van der Waals surface area contributed by atoms with Crippen LogP contribution in [0, 0.1) is 5.41 Å². The molecule has 1 saturated carbocycles. The smallest absolute Gasteiger partial charge is 0.235 e. The van der Waals surface area contributed by atoms with Crippen molar-refractivity contribution in [2.24, 2.45) is 11.1 Å². The van der Waals surface area contributed by atoms with Gasteiger partial charge in [0.1, 0.15) is 5.41 Å². The first kappa shape index (κ1) is 10.0. The van der Waals surface area contributed by atoms with Crippen LogP contribution in [0.5, 0.6) is 0 Å². The maximum absolute atomic E-state index is 11.5. The Labute approximate surface area is 77.9 Å². The van der Waals surface area contributed by atoms with E-state index in [0.29, 0.717) is 12.8 Å². The zero-order chi connectivity index (χ0) is 9.90. The molecule has 0 saturated heterocycles. The molecule has 4 nitrogen and oxygen atoms in total. The summed E-state index contributed by atoms with van der Waals surface area (Å²) in [7, 11) is 1.54. The maximum Gasteiger partial charge on any atom is 0.235 e. The van der Waals surface area contributed by atoms with E-state index in [1.165, 1.54) is 0 Å². The van der Waals surface area contributed by atoms with Crippen LogP contribution in [0.2, 0.25) is 0 Å². The van der Waals surface area contributed by atoms with Crippen LogP contribution in [-0.4, -0.2) is 18.9 Å². The normalized spacial score (nSPS) is 20.7. The lowest BCUT2D eigenvalue weighted by Crippen LogP contribution is -2.49. The highest BCUT2D eigenvalue weighted by molar-refractivity contribution is 6.04. The fourth-order valence-corrected chi connectivity index (χ4v) is 1.98. The molecule has 13 heavy (non-hydrogen) atoms. The number of carbonyl (C=O) groups excluding carboxylic acids is 2. The molecular formula is C9H16N2O2. The summed E-state index contributed by atoms with van der Waals surface area (Å²) in [5, 5.41) is 2.52. The summed E-state index contributed by atoms with van der Waals surface area (Å²) >= 11 is 0. The van der Waals surface area contributed by atoms with Gasteiger partial charge in [0.15, 0.2) is 0 Å². The van der Waals surface area contributed by atoms with Gasteiger partial charge >= 0.3 is 0 Å². The lowest BCUT2D eigenvalue weighted by molar-refractivity contribution is -0.143. The molecule has 4 heteroatoms. The zero-order valence-electron chi connectivity index (χ0n) is 7.93. The van der Waals surface area contributed by atoms with Crippen LogP contribution in [0.25, 0.3) is 0 Å². The van der Waals surface area contributed by atoms with E-state index in [2.05, 4.69) is 5.32 Å². The monoisotopic (exact) mass is 184 g/mol. The molecule has 0 radical (unpaired) electrons. The maximum atomic E-state index is 11.5. The fourth-order valence-electron chi connectivity index (χ4n) is 1.98. The Hall–Kier alpha value is -1.06. The van der Waals surface area contributed by atoms with E-state index in [0.717, 1.165) is 19.3 Å². The van der Waals surface area contributed by atoms with Gasteiger partial charge in [0, 0.05) is 7.05 Å². The molecule has 3 N–H and O–H groups in total. The van der Waals surface area contributed by atoms with E-state index >= 15 is 0 Å². The van der Waals surface area contributed by atoms with Crippen molar-refractivity contribution in [3.05, 3.63) is 0 Å². The minimum absolute atomic E-state index is 0.222. The van der Waals surface area contributed by atoms with Crippen LogP contribution < -0.4 is 11.1 Å². The molecule has 1 aliphatic carbocycles. The van der Waals surface area contributed by atoms with Crippen LogP contribution in [0.4, 0.5) is 0 Å². The molecular weight excluding hydrogens is 168 g/mol. The quantitative estimate of drug-likeness (QED) is 0.600. The van der Waals surface area contributed by atoms with Gasteiger partial charge in [-0.25, -0.2) is 0 Å². The van der Waals surface area contributed by atoms with E-state index < -0.39 is 11.3 Å². The third-order valence-corrected chi connectivity index (χ3v) is 2.84. The molecule has 0 atom stereocenters. The Morgan fingerprint density at radius 3 is 2.15 bits per heavy atom. The van der Waals surface area contributed by atoms with Gasteiger partial charge in [0.25, 0.3) is 0 Å². The molecule has 0 aromatic rings. The van der Waals surface area contributed by atoms with Crippen molar-refractivity contribution >= 4 is 11.8 Å². The standard InChI is InChI=1S/C9H16N2O2/c1-11-8(13)9(7(10)12)5-3-2-4-6-9/h2-6H2,1H3,(H2,10,12)(H,11,13). The van der Waals surface area contributed by atoms with Crippen LogP contribution in [0.15, 0.2) is 0 Å². The van der Waals surface area contributed by atoms with Crippen molar-refractivity contribution in [3.63, 3.8) is 0 Å². The third kappa shape index (κ3) is 1.66. The lowest BCUT2D eigenvalue weighted by Gasteiger charge is -2.32. The van der Waals surface area contributed by atoms with Crippen LogP contribution in [0.1, 0.15) is 32.1 Å². The Morgan fingerprint density at radius 2 is 1.77 bits per heavy atom. The van der Waals surface area contributed by atoms with Gasteiger partial charge in [-0.15, -0.1) is 0 Å². The highest BCUT2D eigenvalue weighted by Gasteiger charge is 2.44. The van der Waals surface area contributed by atoms with Crippen molar-refractivity contribution < 1.29 is 9.59 Å². The summed E-state index contributed by atoms with van der Waals surface area (Å²) in [6, 6.07) is 0. The van der Waals surface area contributed by atoms with Crippen LogP contribution in [0.3, 0.4) is 0 Å². The number of nitrogens with two attached hydrogens (primary N) is 1. The van der Waals surface area contributed by atoms with E-state index in [1.54, 1.807) is 7.05 Å². The number of primary amides is 1. The van der Waals surface area contributed by atoms with Gasteiger partial charge in [-0.05, 0) is 12.8 Å². The summed E-state index contributed by atoms with van der Waals surface area (Å²) in [5.41, 5.74) is 4.36. The highest BCUT2D eigenvalue weighted by Crippen LogP contribution is 2.36. The first-order valence-corrected chi connectivity index (χ1v) is 4.65. The topological polar surface area (TPSA) is 72.2 Å². The van der Waals surface area contributed by atoms with Crippen molar-refractivity contribution in [1.29, 1.82) is 0 Å². The van der Waals surface area contributed by atoms with Crippen molar-refractivity contribution in [1.82, 2.24) is 5.32 Å².